The number of carbonyl (C=O) groups is 1. The summed E-state index contributed by atoms with van der Waals surface area (Å²) in [6.07, 6.45) is 0.833. The van der Waals surface area contributed by atoms with Gasteiger partial charge in [-0.1, -0.05) is 30.3 Å². The van der Waals surface area contributed by atoms with Crippen LogP contribution in [0.1, 0.15) is 32.6 Å². The van der Waals surface area contributed by atoms with Crippen molar-refractivity contribution < 1.29 is 9.53 Å². The van der Waals surface area contributed by atoms with Crippen LogP contribution in [0.15, 0.2) is 36.4 Å². The van der Waals surface area contributed by atoms with Gasteiger partial charge in [-0.05, 0) is 43.5 Å². The second-order valence-corrected chi connectivity index (χ2v) is 5.16. The number of nitrogens with one attached hydrogen (secondary N) is 1. The first-order valence-electron chi connectivity index (χ1n) is 6.86. The van der Waals surface area contributed by atoms with Crippen molar-refractivity contribution in [2.75, 3.05) is 0 Å². The van der Waals surface area contributed by atoms with Gasteiger partial charge in [-0.3, -0.25) is 4.79 Å². The van der Waals surface area contributed by atoms with Crippen molar-refractivity contribution in [3.8, 4) is 5.75 Å². The first-order valence-corrected chi connectivity index (χ1v) is 6.86. The quantitative estimate of drug-likeness (QED) is 0.664. The predicted molar refractivity (Wildman–Crippen MR) is 84.5 cm³/mol. The minimum Gasteiger partial charge on any atom is -0.489 e. The fourth-order valence-corrected chi connectivity index (χ4v) is 2.21. The molecule has 0 radical (unpaired) electrons. The molecule has 0 heterocycles. The molecule has 0 amide bonds. The van der Waals surface area contributed by atoms with E-state index in [2.05, 4.69) is 13.0 Å². The number of benzene rings is 2. The summed E-state index contributed by atoms with van der Waals surface area (Å²) >= 11 is 0. The second kappa shape index (κ2) is 6.35. The maximum absolute atomic E-state index is 11.7. The van der Waals surface area contributed by atoms with E-state index in [0.717, 1.165) is 23.1 Å². The van der Waals surface area contributed by atoms with E-state index in [1.165, 1.54) is 11.1 Å². The van der Waals surface area contributed by atoms with Crippen LogP contribution in [0, 0.1) is 26.2 Å². The highest BCUT2D eigenvalue weighted by atomic mass is 16.5. The lowest BCUT2D eigenvalue weighted by Crippen LogP contribution is -2.07. The summed E-state index contributed by atoms with van der Waals surface area (Å²) in [7, 11) is 0. The van der Waals surface area contributed by atoms with Crippen molar-refractivity contribution in [1.29, 1.82) is 5.41 Å². The summed E-state index contributed by atoms with van der Waals surface area (Å²) in [5, 5.41) is 7.11. The third-order valence-electron chi connectivity index (χ3n) is 3.59. The minimum absolute atomic E-state index is 0.300. The van der Waals surface area contributed by atoms with Crippen LogP contribution in [0.2, 0.25) is 0 Å². The summed E-state index contributed by atoms with van der Waals surface area (Å²) in [6.45, 7) is 6.45. The van der Waals surface area contributed by atoms with Crippen molar-refractivity contribution in [2.45, 2.75) is 27.4 Å². The molecule has 0 aliphatic rings. The van der Waals surface area contributed by atoms with Crippen molar-refractivity contribution in [3.63, 3.8) is 0 Å². The molecule has 3 nitrogen and oxygen atoms in total. The average molecular weight is 281 g/mol. The number of ketones is 1. The summed E-state index contributed by atoms with van der Waals surface area (Å²) in [4.78, 5) is 11.7. The lowest BCUT2D eigenvalue weighted by molar-refractivity contribution is 0.106. The van der Waals surface area contributed by atoms with Crippen molar-refractivity contribution in [1.82, 2.24) is 0 Å². The Balaban J connectivity index is 2.23. The highest BCUT2D eigenvalue weighted by Crippen LogP contribution is 2.23. The molecule has 108 valence electrons. The van der Waals surface area contributed by atoms with Gasteiger partial charge in [-0.15, -0.1) is 0 Å². The van der Waals surface area contributed by atoms with Gasteiger partial charge < -0.3 is 10.1 Å². The Bertz CT molecular complexity index is 690. The highest BCUT2D eigenvalue weighted by Gasteiger charge is 2.10. The van der Waals surface area contributed by atoms with Crippen LogP contribution in [-0.2, 0) is 6.61 Å². The van der Waals surface area contributed by atoms with Crippen LogP contribution < -0.4 is 4.74 Å². The molecule has 0 aliphatic carbocycles. The summed E-state index contributed by atoms with van der Waals surface area (Å²) in [5.41, 5.74) is 4.81. The molecule has 0 spiro atoms. The number of aryl methyl sites for hydroxylation is 3. The number of hydrogen-bond donors (Lipinski definition) is 1. The summed E-state index contributed by atoms with van der Waals surface area (Å²) in [6, 6.07) is 11.4. The molecular formula is C18H19NO2. The van der Waals surface area contributed by atoms with Gasteiger partial charge in [-0.25, -0.2) is 0 Å². The molecule has 3 heteroatoms. The van der Waals surface area contributed by atoms with Crippen molar-refractivity contribution in [2.24, 2.45) is 0 Å². The van der Waals surface area contributed by atoms with E-state index < -0.39 is 0 Å². The van der Waals surface area contributed by atoms with E-state index in [0.29, 0.717) is 12.2 Å². The van der Waals surface area contributed by atoms with E-state index in [-0.39, 0.29) is 5.78 Å². The van der Waals surface area contributed by atoms with Gasteiger partial charge >= 0.3 is 0 Å². The van der Waals surface area contributed by atoms with Crippen molar-refractivity contribution >= 4 is 12.0 Å². The molecule has 0 fully saturated rings. The average Bonchev–Trinajstić information content (AvgIpc) is 2.49. The topological polar surface area (TPSA) is 50.2 Å². The molecular weight excluding hydrogens is 262 g/mol. The molecule has 21 heavy (non-hydrogen) atoms. The maximum atomic E-state index is 11.7. The SMILES string of the molecule is Cc1cc(C)c(OCc2ccccc2C(=O)C=N)cc1C. The summed E-state index contributed by atoms with van der Waals surface area (Å²) < 4.78 is 5.87. The zero-order valence-electron chi connectivity index (χ0n) is 12.6. The first-order chi connectivity index (χ1) is 10.0. The first kappa shape index (κ1) is 15.0. The van der Waals surface area contributed by atoms with Gasteiger partial charge in [0.15, 0.2) is 0 Å². The second-order valence-electron chi connectivity index (χ2n) is 5.16. The molecule has 0 unspecified atom stereocenters. The molecule has 0 atom stereocenters. The molecule has 0 saturated heterocycles. The number of hydrogen-bond acceptors (Lipinski definition) is 3. The van der Waals surface area contributed by atoms with E-state index in [1.807, 2.05) is 32.0 Å². The Morgan fingerprint density at radius 1 is 1.10 bits per heavy atom. The minimum atomic E-state index is -0.300. The Labute approximate surface area is 125 Å². The van der Waals surface area contributed by atoms with Crippen LogP contribution in [-0.4, -0.2) is 12.0 Å². The van der Waals surface area contributed by atoms with E-state index >= 15 is 0 Å². The molecule has 0 aliphatic heterocycles. The molecule has 1 N–H and O–H groups in total. The maximum Gasteiger partial charge on any atom is 0.203 e. The Hall–Kier alpha value is -2.42. The fourth-order valence-electron chi connectivity index (χ4n) is 2.21. The van der Waals surface area contributed by atoms with Gasteiger partial charge in [0.25, 0.3) is 0 Å². The van der Waals surface area contributed by atoms with Gasteiger partial charge in [0.1, 0.15) is 12.4 Å². The van der Waals surface area contributed by atoms with Crippen LogP contribution in [0.4, 0.5) is 0 Å². The van der Waals surface area contributed by atoms with Gasteiger partial charge in [0.05, 0.1) is 6.21 Å². The zero-order chi connectivity index (χ0) is 15.4. The lowest BCUT2D eigenvalue weighted by atomic mass is 10.0. The predicted octanol–water partition coefficient (Wildman–Crippen LogP) is 4.02. The van der Waals surface area contributed by atoms with Gasteiger partial charge in [0, 0.05) is 11.1 Å². The molecule has 0 aromatic heterocycles. The molecule has 2 aromatic rings. The van der Waals surface area contributed by atoms with Crippen molar-refractivity contribution in [3.05, 3.63) is 64.2 Å². The van der Waals surface area contributed by atoms with Crippen LogP contribution in [0.3, 0.4) is 0 Å². The molecule has 0 saturated carbocycles. The molecule has 0 bridgehead atoms. The Morgan fingerprint density at radius 2 is 1.76 bits per heavy atom. The number of Topliss-reactive ketones (excluding diaryl/α,β-unsaturated/α-hetero) is 1. The Morgan fingerprint density at radius 3 is 2.48 bits per heavy atom. The highest BCUT2D eigenvalue weighted by molar-refractivity contribution is 6.34. The lowest BCUT2D eigenvalue weighted by Gasteiger charge is -2.13. The smallest absolute Gasteiger partial charge is 0.203 e. The van der Waals surface area contributed by atoms with E-state index in [1.54, 1.807) is 12.1 Å². The van der Waals surface area contributed by atoms with E-state index in [4.69, 9.17) is 10.1 Å². The Kier molecular flexibility index (Phi) is 4.53. The molecule has 2 aromatic carbocycles. The monoisotopic (exact) mass is 281 g/mol. The third-order valence-corrected chi connectivity index (χ3v) is 3.59. The number of ether oxygens (including phenoxy) is 1. The molecule has 2 rings (SSSR count). The number of rotatable bonds is 5. The van der Waals surface area contributed by atoms with Crippen LogP contribution in [0.25, 0.3) is 0 Å². The summed E-state index contributed by atoms with van der Waals surface area (Å²) in [5.74, 6) is 0.529. The van der Waals surface area contributed by atoms with Gasteiger partial charge in [-0.2, -0.15) is 0 Å². The third kappa shape index (κ3) is 3.37. The fraction of sp³-hybridized carbons (Fsp3) is 0.222. The standard InChI is InChI=1S/C18H19NO2/c1-12-8-14(3)18(9-13(12)2)21-11-15-6-4-5-7-16(15)17(20)10-19/h4-10,19H,11H2,1-3H3. The van der Waals surface area contributed by atoms with Gasteiger partial charge in [0.2, 0.25) is 5.78 Å². The number of carbonyl (C=O) groups excluding carboxylic acids is 1. The zero-order valence-corrected chi connectivity index (χ0v) is 12.6. The van der Waals surface area contributed by atoms with E-state index in [9.17, 15) is 4.79 Å². The largest absolute Gasteiger partial charge is 0.489 e. The van der Waals surface area contributed by atoms with Crippen LogP contribution in [0.5, 0.6) is 5.75 Å². The normalized spacial score (nSPS) is 10.2. The van der Waals surface area contributed by atoms with Crippen LogP contribution >= 0.6 is 0 Å².